The number of hydrogen-bond acceptors (Lipinski definition) is 2. The van der Waals surface area contributed by atoms with Gasteiger partial charge in [0, 0.05) is 13.2 Å². The van der Waals surface area contributed by atoms with Gasteiger partial charge in [0.1, 0.15) is 5.82 Å². The second-order valence-corrected chi connectivity index (χ2v) is 3.04. The minimum absolute atomic E-state index is 0.111. The first-order valence-electron chi connectivity index (χ1n) is 4.04. The van der Waals surface area contributed by atoms with Crippen molar-refractivity contribution < 1.29 is 9.50 Å². The molecule has 1 aromatic rings. The SMILES string of the molecule is OCCCNc1cc(F)ccc1Cl. The molecule has 0 spiro atoms. The summed E-state index contributed by atoms with van der Waals surface area (Å²) in [6, 6.07) is 4.14. The van der Waals surface area contributed by atoms with Gasteiger partial charge in [-0.25, -0.2) is 4.39 Å². The Bertz CT molecular complexity index is 280. The summed E-state index contributed by atoms with van der Waals surface area (Å²) < 4.78 is 12.7. The Morgan fingerprint density at radius 3 is 2.92 bits per heavy atom. The molecule has 0 amide bonds. The highest BCUT2D eigenvalue weighted by molar-refractivity contribution is 6.33. The fraction of sp³-hybridized carbons (Fsp3) is 0.333. The van der Waals surface area contributed by atoms with Gasteiger partial charge >= 0.3 is 0 Å². The fourth-order valence-corrected chi connectivity index (χ4v) is 1.12. The van der Waals surface area contributed by atoms with E-state index < -0.39 is 0 Å². The van der Waals surface area contributed by atoms with Crippen molar-refractivity contribution in [3.63, 3.8) is 0 Å². The molecule has 4 heteroatoms. The van der Waals surface area contributed by atoms with E-state index in [2.05, 4.69) is 5.32 Å². The molecular weight excluding hydrogens is 193 g/mol. The third kappa shape index (κ3) is 3.20. The molecule has 0 saturated heterocycles. The van der Waals surface area contributed by atoms with Crippen LogP contribution >= 0.6 is 11.6 Å². The van der Waals surface area contributed by atoms with Crippen LogP contribution in [0, 0.1) is 5.82 Å². The Morgan fingerprint density at radius 1 is 1.46 bits per heavy atom. The summed E-state index contributed by atoms with van der Waals surface area (Å²) in [7, 11) is 0. The van der Waals surface area contributed by atoms with Gasteiger partial charge in [-0.2, -0.15) is 0 Å². The van der Waals surface area contributed by atoms with Crippen LogP contribution in [0.2, 0.25) is 5.02 Å². The minimum Gasteiger partial charge on any atom is -0.396 e. The third-order valence-electron chi connectivity index (χ3n) is 1.58. The average Bonchev–Trinajstić information content (AvgIpc) is 2.11. The van der Waals surface area contributed by atoms with E-state index in [9.17, 15) is 4.39 Å². The monoisotopic (exact) mass is 203 g/mol. The van der Waals surface area contributed by atoms with E-state index in [0.29, 0.717) is 23.7 Å². The van der Waals surface area contributed by atoms with Crippen LogP contribution in [0.1, 0.15) is 6.42 Å². The van der Waals surface area contributed by atoms with Gasteiger partial charge in [-0.3, -0.25) is 0 Å². The lowest BCUT2D eigenvalue weighted by molar-refractivity contribution is 0.292. The standard InChI is InChI=1S/C9H11ClFNO/c10-8-3-2-7(11)6-9(8)12-4-1-5-13/h2-3,6,12-13H,1,4-5H2. The minimum atomic E-state index is -0.323. The lowest BCUT2D eigenvalue weighted by atomic mass is 10.3. The van der Waals surface area contributed by atoms with Crippen LogP contribution in [-0.2, 0) is 0 Å². The topological polar surface area (TPSA) is 32.3 Å². The van der Waals surface area contributed by atoms with Crippen molar-refractivity contribution in [2.45, 2.75) is 6.42 Å². The lowest BCUT2D eigenvalue weighted by Crippen LogP contribution is -2.03. The number of halogens is 2. The van der Waals surface area contributed by atoms with Crippen LogP contribution in [0.15, 0.2) is 18.2 Å². The molecule has 0 aliphatic carbocycles. The van der Waals surface area contributed by atoms with Gasteiger partial charge in [0.05, 0.1) is 10.7 Å². The molecule has 0 aromatic heterocycles. The molecule has 1 rings (SSSR count). The Labute approximate surface area is 81.3 Å². The summed E-state index contributed by atoms with van der Waals surface area (Å²) >= 11 is 5.78. The molecule has 72 valence electrons. The maximum absolute atomic E-state index is 12.7. The number of nitrogens with one attached hydrogen (secondary N) is 1. The molecule has 0 radical (unpaired) electrons. The number of rotatable bonds is 4. The van der Waals surface area contributed by atoms with Crippen LogP contribution in [0.3, 0.4) is 0 Å². The van der Waals surface area contributed by atoms with E-state index >= 15 is 0 Å². The van der Waals surface area contributed by atoms with Crippen molar-refractivity contribution in [2.75, 3.05) is 18.5 Å². The highest BCUT2D eigenvalue weighted by Crippen LogP contribution is 2.21. The molecule has 1 aromatic carbocycles. The lowest BCUT2D eigenvalue weighted by Gasteiger charge is -2.06. The van der Waals surface area contributed by atoms with Gasteiger partial charge < -0.3 is 10.4 Å². The zero-order valence-corrected chi connectivity index (χ0v) is 7.81. The first-order chi connectivity index (χ1) is 6.24. The number of benzene rings is 1. The van der Waals surface area contributed by atoms with E-state index in [0.717, 1.165) is 0 Å². The zero-order valence-electron chi connectivity index (χ0n) is 7.06. The molecular formula is C9H11ClFNO. The highest BCUT2D eigenvalue weighted by atomic mass is 35.5. The Hall–Kier alpha value is -0.800. The Morgan fingerprint density at radius 2 is 2.23 bits per heavy atom. The highest BCUT2D eigenvalue weighted by Gasteiger charge is 2.00. The van der Waals surface area contributed by atoms with Crippen molar-refractivity contribution in [1.29, 1.82) is 0 Å². The third-order valence-corrected chi connectivity index (χ3v) is 1.91. The molecule has 0 saturated carbocycles. The van der Waals surface area contributed by atoms with Crippen LogP contribution in [0.5, 0.6) is 0 Å². The summed E-state index contributed by atoms with van der Waals surface area (Å²) in [5.74, 6) is -0.323. The number of aliphatic hydroxyl groups is 1. The summed E-state index contributed by atoms with van der Waals surface area (Å²) in [4.78, 5) is 0. The van der Waals surface area contributed by atoms with Crippen molar-refractivity contribution in [3.05, 3.63) is 29.0 Å². The molecule has 0 unspecified atom stereocenters. The van der Waals surface area contributed by atoms with Gasteiger partial charge in [0.2, 0.25) is 0 Å². The normalized spacial score (nSPS) is 10.1. The molecule has 2 N–H and O–H groups in total. The van der Waals surface area contributed by atoms with E-state index in [-0.39, 0.29) is 12.4 Å². The van der Waals surface area contributed by atoms with Gasteiger partial charge in [0.25, 0.3) is 0 Å². The second-order valence-electron chi connectivity index (χ2n) is 2.63. The van der Waals surface area contributed by atoms with E-state index in [1.54, 1.807) is 0 Å². The van der Waals surface area contributed by atoms with Crippen LogP contribution in [0.4, 0.5) is 10.1 Å². The summed E-state index contributed by atoms with van der Waals surface area (Å²) in [6.07, 6.45) is 0.618. The molecule has 0 atom stereocenters. The Balaban J connectivity index is 2.59. The first-order valence-corrected chi connectivity index (χ1v) is 4.41. The van der Waals surface area contributed by atoms with Crippen molar-refractivity contribution in [2.24, 2.45) is 0 Å². The number of aliphatic hydroxyl groups excluding tert-OH is 1. The number of hydrogen-bond donors (Lipinski definition) is 2. The van der Waals surface area contributed by atoms with Crippen LogP contribution < -0.4 is 5.32 Å². The number of anilines is 1. The molecule has 0 aliphatic rings. The summed E-state index contributed by atoms with van der Waals surface area (Å²) in [5.41, 5.74) is 0.565. The summed E-state index contributed by atoms with van der Waals surface area (Å²) in [5, 5.41) is 11.9. The average molecular weight is 204 g/mol. The van der Waals surface area contributed by atoms with Crippen molar-refractivity contribution in [1.82, 2.24) is 0 Å². The Kier molecular flexibility index (Phi) is 3.99. The molecule has 0 fully saturated rings. The predicted octanol–water partition coefficient (Wildman–Crippen LogP) is 2.27. The molecule has 0 bridgehead atoms. The van der Waals surface area contributed by atoms with Gasteiger partial charge in [-0.05, 0) is 24.6 Å². The summed E-state index contributed by atoms with van der Waals surface area (Å²) in [6.45, 7) is 0.694. The fourth-order valence-electron chi connectivity index (χ4n) is 0.935. The second kappa shape index (κ2) is 5.04. The molecule has 0 aliphatic heterocycles. The predicted molar refractivity (Wildman–Crippen MR) is 51.6 cm³/mol. The van der Waals surface area contributed by atoms with E-state index in [1.807, 2.05) is 0 Å². The van der Waals surface area contributed by atoms with Crippen LogP contribution in [0.25, 0.3) is 0 Å². The van der Waals surface area contributed by atoms with Gasteiger partial charge in [-0.15, -0.1) is 0 Å². The molecule has 0 heterocycles. The van der Waals surface area contributed by atoms with Gasteiger partial charge in [-0.1, -0.05) is 11.6 Å². The van der Waals surface area contributed by atoms with Gasteiger partial charge in [0.15, 0.2) is 0 Å². The van der Waals surface area contributed by atoms with E-state index in [4.69, 9.17) is 16.7 Å². The first kappa shape index (κ1) is 10.3. The zero-order chi connectivity index (χ0) is 9.68. The van der Waals surface area contributed by atoms with Crippen LogP contribution in [-0.4, -0.2) is 18.3 Å². The molecule has 13 heavy (non-hydrogen) atoms. The quantitative estimate of drug-likeness (QED) is 0.736. The largest absolute Gasteiger partial charge is 0.396 e. The smallest absolute Gasteiger partial charge is 0.125 e. The van der Waals surface area contributed by atoms with E-state index in [1.165, 1.54) is 18.2 Å². The maximum Gasteiger partial charge on any atom is 0.125 e. The molecule has 2 nitrogen and oxygen atoms in total. The maximum atomic E-state index is 12.7. The van der Waals surface area contributed by atoms with Crippen molar-refractivity contribution >= 4 is 17.3 Å². The van der Waals surface area contributed by atoms with Crippen molar-refractivity contribution in [3.8, 4) is 0 Å².